The van der Waals surface area contributed by atoms with Gasteiger partial charge in [0.1, 0.15) is 0 Å². The minimum atomic E-state index is -0.855. The number of carboxylic acids is 1. The van der Waals surface area contributed by atoms with Crippen LogP contribution in [0, 0.1) is 5.92 Å². The van der Waals surface area contributed by atoms with Crippen LogP contribution in [-0.2, 0) is 9.59 Å². The second-order valence-electron chi connectivity index (χ2n) is 5.53. The predicted molar refractivity (Wildman–Crippen MR) is 73.7 cm³/mol. The zero-order chi connectivity index (χ0) is 14.1. The van der Waals surface area contributed by atoms with Crippen LogP contribution in [0.25, 0.3) is 0 Å². The third-order valence-electron chi connectivity index (χ3n) is 3.74. The van der Waals surface area contributed by atoms with Crippen molar-refractivity contribution in [2.75, 3.05) is 6.54 Å². The molecular weight excluding hydrogens is 244 g/mol. The van der Waals surface area contributed by atoms with E-state index in [0.717, 1.165) is 18.8 Å². The molecule has 1 unspecified atom stereocenters. The van der Waals surface area contributed by atoms with Gasteiger partial charge in [0.05, 0.1) is 0 Å². The molecule has 0 saturated heterocycles. The Morgan fingerprint density at radius 1 is 1.26 bits per heavy atom. The lowest BCUT2D eigenvalue weighted by molar-refractivity contribution is -0.137. The zero-order valence-electron chi connectivity index (χ0n) is 11.6. The molecule has 1 aliphatic carbocycles. The van der Waals surface area contributed by atoms with Crippen LogP contribution in [0.3, 0.4) is 0 Å². The summed E-state index contributed by atoms with van der Waals surface area (Å²) in [6.45, 7) is 0.597. The van der Waals surface area contributed by atoms with Gasteiger partial charge in [0.25, 0.3) is 0 Å². The van der Waals surface area contributed by atoms with Gasteiger partial charge < -0.3 is 16.2 Å². The molecule has 0 bridgehead atoms. The van der Waals surface area contributed by atoms with Gasteiger partial charge in [-0.15, -0.1) is 0 Å². The standard InChI is InChI=1S/C14H26N2O3/c15-12(10-11-4-1-2-5-11)8-9-16-13(17)6-3-7-14(18)19/h11-12H,1-10,15H2,(H,16,17)(H,18,19). The van der Waals surface area contributed by atoms with E-state index in [1.165, 1.54) is 25.7 Å². The van der Waals surface area contributed by atoms with Crippen molar-refractivity contribution >= 4 is 11.9 Å². The summed E-state index contributed by atoms with van der Waals surface area (Å²) in [6.07, 6.45) is 7.87. The van der Waals surface area contributed by atoms with E-state index in [1.807, 2.05) is 0 Å². The monoisotopic (exact) mass is 270 g/mol. The third-order valence-corrected chi connectivity index (χ3v) is 3.74. The Morgan fingerprint density at radius 3 is 2.58 bits per heavy atom. The Balaban J connectivity index is 1.99. The average molecular weight is 270 g/mol. The van der Waals surface area contributed by atoms with Gasteiger partial charge >= 0.3 is 5.97 Å². The van der Waals surface area contributed by atoms with Gasteiger partial charge in [0, 0.05) is 25.4 Å². The van der Waals surface area contributed by atoms with Crippen LogP contribution in [0.2, 0.25) is 0 Å². The van der Waals surface area contributed by atoms with E-state index in [0.29, 0.717) is 13.0 Å². The number of hydrogen-bond acceptors (Lipinski definition) is 3. The van der Waals surface area contributed by atoms with Crippen molar-refractivity contribution in [2.45, 2.75) is 63.8 Å². The topological polar surface area (TPSA) is 92.4 Å². The van der Waals surface area contributed by atoms with Crippen molar-refractivity contribution < 1.29 is 14.7 Å². The number of aliphatic carboxylic acids is 1. The highest BCUT2D eigenvalue weighted by Crippen LogP contribution is 2.28. The molecule has 0 aliphatic heterocycles. The van der Waals surface area contributed by atoms with Crippen LogP contribution in [0.1, 0.15) is 57.8 Å². The first kappa shape index (κ1) is 16.0. The molecule has 0 aromatic carbocycles. The maximum atomic E-state index is 11.4. The molecule has 0 radical (unpaired) electrons. The van der Waals surface area contributed by atoms with Gasteiger partial charge in [0.15, 0.2) is 0 Å². The lowest BCUT2D eigenvalue weighted by Crippen LogP contribution is -2.31. The fourth-order valence-corrected chi connectivity index (χ4v) is 2.68. The number of carboxylic acid groups (broad SMARTS) is 1. The summed E-state index contributed by atoms with van der Waals surface area (Å²) in [5.41, 5.74) is 6.05. The van der Waals surface area contributed by atoms with Crippen LogP contribution in [0.15, 0.2) is 0 Å². The highest BCUT2D eigenvalue weighted by Gasteiger charge is 2.17. The minimum absolute atomic E-state index is 0.0502. The summed E-state index contributed by atoms with van der Waals surface area (Å²) in [6, 6.07) is 0.169. The Morgan fingerprint density at radius 2 is 1.95 bits per heavy atom. The number of carbonyl (C=O) groups is 2. The summed E-state index contributed by atoms with van der Waals surface area (Å²) in [5, 5.41) is 11.3. The lowest BCUT2D eigenvalue weighted by atomic mass is 9.97. The summed E-state index contributed by atoms with van der Waals surface area (Å²) < 4.78 is 0. The number of carbonyl (C=O) groups excluding carboxylic acids is 1. The molecule has 0 spiro atoms. The van der Waals surface area contributed by atoms with Crippen molar-refractivity contribution in [1.29, 1.82) is 0 Å². The van der Waals surface area contributed by atoms with E-state index >= 15 is 0 Å². The average Bonchev–Trinajstić information content (AvgIpc) is 2.81. The molecule has 0 aromatic rings. The molecule has 5 heteroatoms. The predicted octanol–water partition coefficient (Wildman–Crippen LogP) is 1.66. The van der Waals surface area contributed by atoms with Crippen molar-refractivity contribution in [3.8, 4) is 0 Å². The summed E-state index contributed by atoms with van der Waals surface area (Å²) in [4.78, 5) is 21.7. The Labute approximate surface area is 114 Å². The maximum Gasteiger partial charge on any atom is 0.303 e. The number of rotatable bonds is 9. The summed E-state index contributed by atoms with van der Waals surface area (Å²) in [5.74, 6) is -0.151. The normalized spacial score (nSPS) is 17.3. The molecule has 110 valence electrons. The molecule has 1 amide bonds. The van der Waals surface area contributed by atoms with Crippen LogP contribution in [0.4, 0.5) is 0 Å². The van der Waals surface area contributed by atoms with E-state index in [2.05, 4.69) is 5.32 Å². The molecule has 19 heavy (non-hydrogen) atoms. The van der Waals surface area contributed by atoms with Crippen LogP contribution >= 0.6 is 0 Å². The zero-order valence-corrected chi connectivity index (χ0v) is 11.6. The highest BCUT2D eigenvalue weighted by molar-refractivity contribution is 5.76. The molecule has 1 atom stereocenters. The lowest BCUT2D eigenvalue weighted by Gasteiger charge is -2.16. The van der Waals surface area contributed by atoms with Gasteiger partial charge in [-0.2, -0.15) is 0 Å². The van der Waals surface area contributed by atoms with Crippen LogP contribution in [0.5, 0.6) is 0 Å². The molecule has 0 aromatic heterocycles. The number of amides is 1. The van der Waals surface area contributed by atoms with E-state index in [1.54, 1.807) is 0 Å². The fraction of sp³-hybridized carbons (Fsp3) is 0.857. The Bertz CT molecular complexity index is 288. The van der Waals surface area contributed by atoms with Gasteiger partial charge in [0.2, 0.25) is 5.91 Å². The van der Waals surface area contributed by atoms with Crippen molar-refractivity contribution in [3.05, 3.63) is 0 Å². The fourth-order valence-electron chi connectivity index (χ4n) is 2.68. The molecule has 1 aliphatic rings. The SMILES string of the molecule is NC(CCNC(=O)CCCC(=O)O)CC1CCCC1. The highest BCUT2D eigenvalue weighted by atomic mass is 16.4. The van der Waals surface area contributed by atoms with E-state index in [-0.39, 0.29) is 24.8 Å². The summed E-state index contributed by atoms with van der Waals surface area (Å²) >= 11 is 0. The molecule has 4 N–H and O–H groups in total. The first-order valence-electron chi connectivity index (χ1n) is 7.32. The number of hydrogen-bond donors (Lipinski definition) is 3. The first-order chi connectivity index (χ1) is 9.08. The molecule has 5 nitrogen and oxygen atoms in total. The molecule has 1 rings (SSSR count). The summed E-state index contributed by atoms with van der Waals surface area (Å²) in [7, 11) is 0. The first-order valence-corrected chi connectivity index (χ1v) is 7.32. The second-order valence-corrected chi connectivity index (χ2v) is 5.53. The minimum Gasteiger partial charge on any atom is -0.481 e. The second kappa shape index (κ2) is 8.91. The van der Waals surface area contributed by atoms with Gasteiger partial charge in [-0.3, -0.25) is 9.59 Å². The Kier molecular flexibility index (Phi) is 7.48. The molecule has 1 saturated carbocycles. The van der Waals surface area contributed by atoms with Gasteiger partial charge in [-0.1, -0.05) is 25.7 Å². The molecular formula is C14H26N2O3. The smallest absolute Gasteiger partial charge is 0.303 e. The number of nitrogens with one attached hydrogen (secondary N) is 1. The van der Waals surface area contributed by atoms with E-state index in [4.69, 9.17) is 10.8 Å². The molecule has 0 heterocycles. The van der Waals surface area contributed by atoms with E-state index in [9.17, 15) is 9.59 Å². The van der Waals surface area contributed by atoms with Crippen LogP contribution < -0.4 is 11.1 Å². The van der Waals surface area contributed by atoms with Gasteiger partial charge in [-0.05, 0) is 25.2 Å². The van der Waals surface area contributed by atoms with Crippen molar-refractivity contribution in [3.63, 3.8) is 0 Å². The quantitative estimate of drug-likeness (QED) is 0.594. The maximum absolute atomic E-state index is 11.4. The van der Waals surface area contributed by atoms with E-state index < -0.39 is 5.97 Å². The largest absolute Gasteiger partial charge is 0.481 e. The van der Waals surface area contributed by atoms with Crippen LogP contribution in [-0.4, -0.2) is 29.6 Å². The van der Waals surface area contributed by atoms with Gasteiger partial charge in [-0.25, -0.2) is 0 Å². The van der Waals surface area contributed by atoms with Crippen molar-refractivity contribution in [2.24, 2.45) is 11.7 Å². The van der Waals surface area contributed by atoms with Crippen molar-refractivity contribution in [1.82, 2.24) is 5.32 Å². The number of nitrogens with two attached hydrogens (primary N) is 1. The molecule has 1 fully saturated rings. The Hall–Kier alpha value is -1.10. The third kappa shape index (κ3) is 7.82.